The van der Waals surface area contributed by atoms with Gasteiger partial charge >= 0.3 is 0 Å². The van der Waals surface area contributed by atoms with E-state index in [1.54, 1.807) is 0 Å². The Labute approximate surface area is 149 Å². The molecule has 0 amide bonds. The van der Waals surface area contributed by atoms with Crippen LogP contribution in [0.15, 0.2) is 60.7 Å². The fourth-order valence-corrected chi connectivity index (χ4v) is 2.92. The highest BCUT2D eigenvalue weighted by molar-refractivity contribution is 6.30. The summed E-state index contributed by atoms with van der Waals surface area (Å²) in [5.41, 5.74) is 6.94. The van der Waals surface area contributed by atoms with E-state index >= 15 is 0 Å². The Balaban J connectivity index is 2.09. The van der Waals surface area contributed by atoms with Gasteiger partial charge in [0.2, 0.25) is 0 Å². The number of pyridine rings is 1. The minimum Gasteiger partial charge on any atom is -0.253 e. The van der Waals surface area contributed by atoms with Crippen molar-refractivity contribution in [1.82, 2.24) is 4.98 Å². The van der Waals surface area contributed by atoms with Crippen molar-refractivity contribution < 1.29 is 0 Å². The molecule has 0 unspecified atom stereocenters. The van der Waals surface area contributed by atoms with Crippen LogP contribution in [0.1, 0.15) is 25.1 Å². The lowest BCUT2D eigenvalue weighted by Crippen LogP contribution is -1.99. The summed E-state index contributed by atoms with van der Waals surface area (Å²) in [6, 6.07) is 20.9. The average Bonchev–Trinajstić information content (AvgIpc) is 2.55. The fraction of sp³-hybridized carbons (Fsp3) is 0.227. The van der Waals surface area contributed by atoms with Gasteiger partial charge in [-0.1, -0.05) is 67.4 Å². The Morgan fingerprint density at radius 1 is 0.833 bits per heavy atom. The molecule has 3 aromatic rings. The van der Waals surface area contributed by atoms with Crippen LogP contribution >= 0.6 is 11.6 Å². The molecule has 0 N–H and O–H groups in total. The molecule has 0 aliphatic carbocycles. The zero-order valence-electron chi connectivity index (χ0n) is 14.4. The number of aryl methyl sites for hydroxylation is 1. The predicted octanol–water partition coefficient (Wildman–Crippen LogP) is 6.58. The van der Waals surface area contributed by atoms with Crippen molar-refractivity contribution in [2.24, 2.45) is 5.92 Å². The van der Waals surface area contributed by atoms with Gasteiger partial charge in [-0.25, -0.2) is 0 Å². The summed E-state index contributed by atoms with van der Waals surface area (Å²) >= 11 is 6.02. The summed E-state index contributed by atoms with van der Waals surface area (Å²) < 4.78 is 0. The molecular weight excluding hydrogens is 314 g/mol. The lowest BCUT2D eigenvalue weighted by atomic mass is 9.99. The van der Waals surface area contributed by atoms with Gasteiger partial charge < -0.3 is 0 Å². The molecule has 1 nitrogen and oxygen atoms in total. The molecule has 2 heteroatoms. The number of hydrogen-bond acceptors (Lipinski definition) is 1. The topological polar surface area (TPSA) is 12.9 Å². The molecule has 3 rings (SSSR count). The first kappa shape index (κ1) is 16.7. The summed E-state index contributed by atoms with van der Waals surface area (Å²) in [6.45, 7) is 6.56. The normalized spacial score (nSPS) is 11.0. The van der Waals surface area contributed by atoms with E-state index in [0.717, 1.165) is 28.4 Å². The summed E-state index contributed by atoms with van der Waals surface area (Å²) in [4.78, 5) is 4.87. The van der Waals surface area contributed by atoms with Crippen LogP contribution < -0.4 is 0 Å². The third kappa shape index (κ3) is 4.04. The third-order valence-electron chi connectivity index (χ3n) is 4.02. The Kier molecular flexibility index (Phi) is 5.01. The van der Waals surface area contributed by atoms with Crippen LogP contribution in [-0.2, 0) is 6.42 Å². The van der Waals surface area contributed by atoms with Crippen LogP contribution in [0.5, 0.6) is 0 Å². The highest BCUT2D eigenvalue weighted by atomic mass is 35.5. The molecule has 0 spiro atoms. The molecule has 1 heterocycles. The van der Waals surface area contributed by atoms with Crippen molar-refractivity contribution in [1.29, 1.82) is 0 Å². The van der Waals surface area contributed by atoms with Crippen molar-refractivity contribution in [2.45, 2.75) is 27.2 Å². The molecule has 0 saturated heterocycles. The van der Waals surface area contributed by atoms with Crippen LogP contribution in [0.4, 0.5) is 0 Å². The molecule has 24 heavy (non-hydrogen) atoms. The lowest BCUT2D eigenvalue weighted by Gasteiger charge is -2.11. The van der Waals surface area contributed by atoms with E-state index in [1.807, 2.05) is 24.3 Å². The second-order valence-corrected chi connectivity index (χ2v) is 7.14. The van der Waals surface area contributed by atoms with Gasteiger partial charge in [0.1, 0.15) is 0 Å². The minimum absolute atomic E-state index is 0.573. The van der Waals surface area contributed by atoms with Gasteiger partial charge in [-0.2, -0.15) is 0 Å². The zero-order valence-corrected chi connectivity index (χ0v) is 15.1. The highest BCUT2D eigenvalue weighted by Crippen LogP contribution is 2.28. The highest BCUT2D eigenvalue weighted by Gasteiger charge is 2.08. The van der Waals surface area contributed by atoms with Crippen LogP contribution in [0.25, 0.3) is 22.4 Å². The van der Waals surface area contributed by atoms with E-state index < -0.39 is 0 Å². The monoisotopic (exact) mass is 335 g/mol. The van der Waals surface area contributed by atoms with Gasteiger partial charge in [0.05, 0.1) is 5.69 Å². The maximum Gasteiger partial charge on any atom is 0.0711 e. The van der Waals surface area contributed by atoms with Crippen molar-refractivity contribution in [3.05, 3.63) is 76.9 Å². The summed E-state index contributed by atoms with van der Waals surface area (Å²) in [6.07, 6.45) is 0.973. The second kappa shape index (κ2) is 7.19. The Morgan fingerprint density at radius 3 is 2.08 bits per heavy atom. The van der Waals surface area contributed by atoms with Gasteiger partial charge in [-0.3, -0.25) is 4.98 Å². The minimum atomic E-state index is 0.573. The Morgan fingerprint density at radius 2 is 1.46 bits per heavy atom. The Bertz CT molecular complexity index is 754. The lowest BCUT2D eigenvalue weighted by molar-refractivity contribution is 0.636. The maximum atomic E-state index is 6.02. The zero-order chi connectivity index (χ0) is 17.1. The predicted molar refractivity (Wildman–Crippen MR) is 103 cm³/mol. The van der Waals surface area contributed by atoms with Gasteiger partial charge in [0, 0.05) is 16.3 Å². The van der Waals surface area contributed by atoms with Crippen LogP contribution in [0.3, 0.4) is 0 Å². The van der Waals surface area contributed by atoms with E-state index in [1.165, 1.54) is 16.7 Å². The molecule has 2 aromatic carbocycles. The fourth-order valence-electron chi connectivity index (χ4n) is 2.79. The quantitative estimate of drug-likeness (QED) is 0.525. The summed E-state index contributed by atoms with van der Waals surface area (Å²) in [7, 11) is 0. The third-order valence-corrected chi connectivity index (χ3v) is 4.27. The van der Waals surface area contributed by atoms with Gasteiger partial charge in [0.25, 0.3) is 0 Å². The second-order valence-electron chi connectivity index (χ2n) is 6.70. The molecular formula is C22H22ClN. The van der Waals surface area contributed by atoms with Crippen LogP contribution in [0, 0.1) is 12.8 Å². The maximum absolute atomic E-state index is 6.02. The van der Waals surface area contributed by atoms with Crippen molar-refractivity contribution >= 4 is 11.6 Å². The standard InChI is InChI=1S/C22H22ClN/c1-15(2)12-21-13-19(17-6-4-16(3)5-7-17)14-22(24-21)18-8-10-20(23)11-9-18/h4-11,13-15H,12H2,1-3H3. The Hall–Kier alpha value is -2.12. The van der Waals surface area contributed by atoms with Crippen molar-refractivity contribution in [2.75, 3.05) is 0 Å². The number of hydrogen-bond donors (Lipinski definition) is 0. The molecule has 0 atom stereocenters. The molecule has 0 aliphatic heterocycles. The van der Waals surface area contributed by atoms with E-state index in [9.17, 15) is 0 Å². The van der Waals surface area contributed by atoms with E-state index in [2.05, 4.69) is 57.2 Å². The van der Waals surface area contributed by atoms with Crippen molar-refractivity contribution in [3.8, 4) is 22.4 Å². The van der Waals surface area contributed by atoms with Gasteiger partial charge in [-0.15, -0.1) is 0 Å². The first-order valence-corrected chi connectivity index (χ1v) is 8.73. The van der Waals surface area contributed by atoms with E-state index in [-0.39, 0.29) is 0 Å². The number of nitrogens with zero attached hydrogens (tertiary/aromatic N) is 1. The van der Waals surface area contributed by atoms with Crippen LogP contribution in [0.2, 0.25) is 5.02 Å². The molecule has 0 radical (unpaired) electrons. The van der Waals surface area contributed by atoms with Crippen LogP contribution in [-0.4, -0.2) is 4.98 Å². The number of aromatic nitrogens is 1. The first-order chi connectivity index (χ1) is 11.5. The van der Waals surface area contributed by atoms with Crippen molar-refractivity contribution in [3.63, 3.8) is 0 Å². The summed E-state index contributed by atoms with van der Waals surface area (Å²) in [5, 5.41) is 0.746. The molecule has 0 fully saturated rings. The first-order valence-electron chi connectivity index (χ1n) is 8.35. The van der Waals surface area contributed by atoms with Gasteiger partial charge in [0.15, 0.2) is 0 Å². The SMILES string of the molecule is Cc1ccc(-c2cc(CC(C)C)nc(-c3ccc(Cl)cc3)c2)cc1. The smallest absolute Gasteiger partial charge is 0.0711 e. The van der Waals surface area contributed by atoms with E-state index in [0.29, 0.717) is 5.92 Å². The number of halogens is 1. The number of benzene rings is 2. The molecule has 1 aromatic heterocycles. The largest absolute Gasteiger partial charge is 0.253 e. The van der Waals surface area contributed by atoms with E-state index in [4.69, 9.17) is 16.6 Å². The van der Waals surface area contributed by atoms with Gasteiger partial charge in [-0.05, 0) is 54.7 Å². The molecule has 0 saturated carbocycles. The summed E-state index contributed by atoms with van der Waals surface area (Å²) in [5.74, 6) is 0.573. The molecule has 0 aliphatic rings. The average molecular weight is 336 g/mol. The number of rotatable bonds is 4. The molecule has 122 valence electrons. The molecule has 0 bridgehead atoms.